The zero-order valence-electron chi connectivity index (χ0n) is 15.0. The molecule has 0 fully saturated rings. The first kappa shape index (κ1) is 18.8. The third-order valence-corrected chi connectivity index (χ3v) is 6.20. The van der Waals surface area contributed by atoms with Crippen LogP contribution < -0.4 is 5.32 Å². The summed E-state index contributed by atoms with van der Waals surface area (Å²) in [5.41, 5.74) is 2.19. The van der Waals surface area contributed by atoms with Crippen molar-refractivity contribution in [2.24, 2.45) is 0 Å². The van der Waals surface area contributed by atoms with Crippen LogP contribution in [0.15, 0.2) is 53.6 Å². The lowest BCUT2D eigenvalue weighted by molar-refractivity contribution is 0.425. The van der Waals surface area contributed by atoms with E-state index in [0.29, 0.717) is 10.5 Å². The van der Waals surface area contributed by atoms with E-state index >= 15 is 0 Å². The minimum atomic E-state index is -3.72. The van der Waals surface area contributed by atoms with E-state index in [-0.39, 0.29) is 4.90 Å². The maximum absolute atomic E-state index is 13.2. The first-order chi connectivity index (χ1) is 12.3. The summed E-state index contributed by atoms with van der Waals surface area (Å²) in [5.74, 6) is 0. The van der Waals surface area contributed by atoms with Gasteiger partial charge in [0.05, 0.1) is 15.4 Å². The van der Waals surface area contributed by atoms with Crippen LogP contribution >= 0.6 is 11.6 Å². The molecule has 0 aliphatic rings. The molecule has 5 nitrogen and oxygen atoms in total. The quantitative estimate of drug-likeness (QED) is 0.694. The Labute approximate surface area is 159 Å². The lowest BCUT2D eigenvalue weighted by atomic mass is 10.2. The summed E-state index contributed by atoms with van der Waals surface area (Å²) in [5, 5.41) is 4.57. The Morgan fingerprint density at radius 3 is 2.62 bits per heavy atom. The van der Waals surface area contributed by atoms with Crippen molar-refractivity contribution in [3.63, 3.8) is 0 Å². The van der Waals surface area contributed by atoms with Crippen LogP contribution in [0.5, 0.6) is 0 Å². The van der Waals surface area contributed by atoms with Gasteiger partial charge in [0, 0.05) is 30.4 Å². The summed E-state index contributed by atoms with van der Waals surface area (Å²) in [6.07, 6.45) is 1.62. The first-order valence-electron chi connectivity index (χ1n) is 8.31. The molecule has 1 heterocycles. The highest BCUT2D eigenvalue weighted by Gasteiger charge is 2.21. The van der Waals surface area contributed by atoms with Crippen LogP contribution in [-0.4, -0.2) is 44.5 Å². The Kier molecular flexibility index (Phi) is 5.27. The molecule has 3 aromatic rings. The number of halogens is 1. The van der Waals surface area contributed by atoms with Crippen molar-refractivity contribution < 1.29 is 8.42 Å². The van der Waals surface area contributed by atoms with E-state index in [0.717, 1.165) is 29.7 Å². The van der Waals surface area contributed by atoms with E-state index in [1.54, 1.807) is 42.6 Å². The summed E-state index contributed by atoms with van der Waals surface area (Å²) in [7, 11) is 0.269. The second-order valence-corrected chi connectivity index (χ2v) is 8.73. The van der Waals surface area contributed by atoms with E-state index < -0.39 is 10.0 Å². The van der Waals surface area contributed by atoms with Gasteiger partial charge in [0.25, 0.3) is 10.0 Å². The van der Waals surface area contributed by atoms with Crippen LogP contribution in [0.3, 0.4) is 0 Å². The van der Waals surface area contributed by atoms with Gasteiger partial charge in [-0.2, -0.15) is 0 Å². The molecule has 2 aromatic carbocycles. The van der Waals surface area contributed by atoms with Gasteiger partial charge in [0.15, 0.2) is 0 Å². The van der Waals surface area contributed by atoms with Gasteiger partial charge in [-0.15, -0.1) is 0 Å². The van der Waals surface area contributed by atoms with Crippen molar-refractivity contribution in [3.05, 3.63) is 59.2 Å². The summed E-state index contributed by atoms with van der Waals surface area (Å²) < 4.78 is 27.7. The molecule has 0 aliphatic carbocycles. The van der Waals surface area contributed by atoms with Gasteiger partial charge in [-0.25, -0.2) is 12.4 Å². The molecule has 138 valence electrons. The van der Waals surface area contributed by atoms with Crippen LogP contribution in [-0.2, 0) is 10.0 Å². The number of rotatable bonds is 6. The van der Waals surface area contributed by atoms with Crippen molar-refractivity contribution in [3.8, 4) is 0 Å². The number of nitrogens with one attached hydrogen (secondary N) is 1. The average Bonchev–Trinajstić information content (AvgIpc) is 2.94. The van der Waals surface area contributed by atoms with Gasteiger partial charge in [-0.1, -0.05) is 23.7 Å². The Balaban J connectivity index is 2.00. The largest absolute Gasteiger partial charge is 0.384 e. The number of fused-ring (bicyclic) bond motifs is 1. The fraction of sp³-hybridized carbons (Fsp3) is 0.263. The predicted molar refractivity (Wildman–Crippen MR) is 108 cm³/mol. The molecular formula is C19H22ClN3O2S. The number of benzene rings is 2. The predicted octanol–water partition coefficient (Wildman–Crippen LogP) is 3.81. The lowest BCUT2D eigenvalue weighted by Crippen LogP contribution is -2.21. The Morgan fingerprint density at radius 1 is 1.15 bits per heavy atom. The Hall–Kier alpha value is -2.02. The molecule has 0 radical (unpaired) electrons. The molecule has 0 saturated heterocycles. The molecule has 0 spiro atoms. The first-order valence-corrected chi connectivity index (χ1v) is 10.1. The number of nitrogens with zero attached hydrogens (tertiary/aromatic N) is 2. The van der Waals surface area contributed by atoms with E-state index in [1.807, 2.05) is 27.1 Å². The smallest absolute Gasteiger partial charge is 0.268 e. The lowest BCUT2D eigenvalue weighted by Gasteiger charge is -2.13. The SMILES string of the molecule is Cc1cn(S(=O)(=O)c2cccc(NCCN(C)C)c2)c2cccc(Cl)c12. The molecule has 0 amide bonds. The zero-order chi connectivity index (χ0) is 18.9. The van der Waals surface area contributed by atoms with Crippen LogP contribution in [0, 0.1) is 6.92 Å². The second kappa shape index (κ2) is 7.31. The van der Waals surface area contributed by atoms with Gasteiger partial charge >= 0.3 is 0 Å². The number of aromatic nitrogens is 1. The van der Waals surface area contributed by atoms with E-state index in [1.165, 1.54) is 3.97 Å². The number of anilines is 1. The van der Waals surface area contributed by atoms with E-state index in [9.17, 15) is 8.42 Å². The number of likely N-dealkylation sites (N-methyl/N-ethyl adjacent to an activating group) is 1. The van der Waals surface area contributed by atoms with Crippen molar-refractivity contribution in [2.45, 2.75) is 11.8 Å². The van der Waals surface area contributed by atoms with Crippen molar-refractivity contribution in [2.75, 3.05) is 32.5 Å². The van der Waals surface area contributed by atoms with Crippen LogP contribution in [0.4, 0.5) is 5.69 Å². The molecule has 0 unspecified atom stereocenters. The van der Waals surface area contributed by atoms with Gasteiger partial charge in [-0.05, 0) is 56.9 Å². The fourth-order valence-electron chi connectivity index (χ4n) is 2.90. The van der Waals surface area contributed by atoms with Gasteiger partial charge in [0.1, 0.15) is 0 Å². The monoisotopic (exact) mass is 391 g/mol. The summed E-state index contributed by atoms with van der Waals surface area (Å²) >= 11 is 6.26. The summed E-state index contributed by atoms with van der Waals surface area (Å²) in [6.45, 7) is 3.45. The topological polar surface area (TPSA) is 54.3 Å². The number of aryl methyl sites for hydroxylation is 1. The molecule has 0 bridgehead atoms. The molecule has 0 saturated carbocycles. The second-order valence-electron chi connectivity index (χ2n) is 6.50. The van der Waals surface area contributed by atoms with E-state index in [2.05, 4.69) is 10.2 Å². The molecule has 0 atom stereocenters. The zero-order valence-corrected chi connectivity index (χ0v) is 16.6. The van der Waals surface area contributed by atoms with Crippen molar-refractivity contribution >= 4 is 38.2 Å². The van der Waals surface area contributed by atoms with Crippen LogP contribution in [0.25, 0.3) is 10.9 Å². The standard InChI is InChI=1S/C19H22ClN3O2S/c1-14-13-23(18-9-5-8-17(20)19(14)18)26(24,25)16-7-4-6-15(12-16)21-10-11-22(2)3/h4-9,12-13,21H,10-11H2,1-3H3. The minimum Gasteiger partial charge on any atom is -0.384 e. The molecular weight excluding hydrogens is 370 g/mol. The Bertz CT molecular complexity index is 1040. The van der Waals surface area contributed by atoms with Crippen molar-refractivity contribution in [1.82, 2.24) is 8.87 Å². The molecule has 1 N–H and O–H groups in total. The number of hydrogen-bond acceptors (Lipinski definition) is 4. The minimum absolute atomic E-state index is 0.240. The number of hydrogen-bond donors (Lipinski definition) is 1. The molecule has 26 heavy (non-hydrogen) atoms. The van der Waals surface area contributed by atoms with Crippen LogP contribution in [0.1, 0.15) is 5.56 Å². The average molecular weight is 392 g/mol. The highest BCUT2D eigenvalue weighted by molar-refractivity contribution is 7.90. The van der Waals surface area contributed by atoms with Crippen molar-refractivity contribution in [1.29, 1.82) is 0 Å². The molecule has 1 aromatic heterocycles. The van der Waals surface area contributed by atoms with Gasteiger partial charge in [0.2, 0.25) is 0 Å². The fourth-order valence-corrected chi connectivity index (χ4v) is 4.68. The molecule has 0 aliphatic heterocycles. The summed E-state index contributed by atoms with van der Waals surface area (Å²) in [6, 6.07) is 12.2. The highest BCUT2D eigenvalue weighted by atomic mass is 35.5. The molecule has 3 rings (SSSR count). The Morgan fingerprint density at radius 2 is 1.88 bits per heavy atom. The van der Waals surface area contributed by atoms with Gasteiger partial charge in [-0.3, -0.25) is 0 Å². The third-order valence-electron chi connectivity index (χ3n) is 4.21. The maximum atomic E-state index is 13.2. The summed E-state index contributed by atoms with van der Waals surface area (Å²) in [4.78, 5) is 2.30. The maximum Gasteiger partial charge on any atom is 0.268 e. The normalized spacial score (nSPS) is 12.0. The molecule has 7 heteroatoms. The third kappa shape index (κ3) is 3.58. The van der Waals surface area contributed by atoms with E-state index in [4.69, 9.17) is 11.6 Å². The van der Waals surface area contributed by atoms with Crippen LogP contribution in [0.2, 0.25) is 5.02 Å². The van der Waals surface area contributed by atoms with Gasteiger partial charge < -0.3 is 10.2 Å². The highest BCUT2D eigenvalue weighted by Crippen LogP contribution is 2.31.